The van der Waals surface area contributed by atoms with E-state index in [9.17, 15) is 19.6 Å². The van der Waals surface area contributed by atoms with Gasteiger partial charge < -0.3 is 20.4 Å². The maximum atomic E-state index is 13.3. The van der Waals surface area contributed by atoms with Crippen molar-refractivity contribution in [2.45, 2.75) is 88.5 Å². The predicted molar refractivity (Wildman–Crippen MR) is 112 cm³/mol. The highest BCUT2D eigenvalue weighted by atomic mass is 16.2. The molecule has 31 heavy (non-hydrogen) atoms. The van der Waals surface area contributed by atoms with Crippen molar-refractivity contribution in [3.8, 4) is 6.07 Å². The van der Waals surface area contributed by atoms with Gasteiger partial charge in [-0.1, -0.05) is 0 Å². The smallest absolute Gasteiger partial charge is 0.241 e. The number of carbonyl (C=O) groups excluding carboxylic acids is 3. The normalized spacial score (nSPS) is 37.9. The van der Waals surface area contributed by atoms with Gasteiger partial charge >= 0.3 is 0 Å². The van der Waals surface area contributed by atoms with Crippen molar-refractivity contribution in [1.29, 1.82) is 5.26 Å². The first kappa shape index (κ1) is 20.7. The predicted octanol–water partition coefficient (Wildman–Crippen LogP) is 0.855. The molecule has 0 radical (unpaired) electrons. The van der Waals surface area contributed by atoms with E-state index in [0.29, 0.717) is 19.0 Å². The molecule has 0 aromatic carbocycles. The zero-order chi connectivity index (χ0) is 21.9. The summed E-state index contributed by atoms with van der Waals surface area (Å²) in [4.78, 5) is 43.8. The van der Waals surface area contributed by atoms with Crippen LogP contribution in [-0.4, -0.2) is 75.7 Å². The van der Waals surface area contributed by atoms with E-state index in [1.165, 1.54) is 0 Å². The van der Waals surface area contributed by atoms with Crippen LogP contribution in [0.4, 0.5) is 0 Å². The molecule has 0 aromatic rings. The molecule has 4 aliphatic heterocycles. The Hall–Kier alpha value is -2.14. The fourth-order valence-corrected chi connectivity index (χ4v) is 6.79. The number of fused-ring (bicyclic) bond motifs is 3. The second-order valence-electron chi connectivity index (χ2n) is 10.4. The molecule has 0 spiro atoms. The van der Waals surface area contributed by atoms with Gasteiger partial charge in [0.2, 0.25) is 17.7 Å². The molecule has 5 aliphatic rings. The Morgan fingerprint density at radius 2 is 1.61 bits per heavy atom. The van der Waals surface area contributed by atoms with Crippen LogP contribution in [0.15, 0.2) is 0 Å². The first-order valence-corrected chi connectivity index (χ1v) is 11.9. The van der Waals surface area contributed by atoms with Crippen LogP contribution in [0.25, 0.3) is 0 Å². The number of piperidine rings is 3. The molecule has 8 nitrogen and oxygen atoms in total. The van der Waals surface area contributed by atoms with Gasteiger partial charge in [0.25, 0.3) is 0 Å². The summed E-state index contributed by atoms with van der Waals surface area (Å²) in [7, 11) is 0. The average Bonchev–Trinajstić information content (AvgIpc) is 3.36. The fourth-order valence-electron chi connectivity index (χ4n) is 6.79. The quantitative estimate of drug-likeness (QED) is 0.718. The van der Waals surface area contributed by atoms with E-state index < -0.39 is 6.04 Å². The van der Waals surface area contributed by atoms with E-state index in [4.69, 9.17) is 5.73 Å². The highest BCUT2D eigenvalue weighted by molar-refractivity contribution is 5.84. The summed E-state index contributed by atoms with van der Waals surface area (Å²) >= 11 is 0. The zero-order valence-electron chi connectivity index (χ0n) is 18.3. The summed E-state index contributed by atoms with van der Waals surface area (Å²) < 4.78 is 0. The SMILES string of the molecule is CC(=O)N1CCC(C(=O)N2C3CCC2CC([C@H](N)C(=O)N2[C@H](C#N)C[C@@H]4C[C@@H]42)C3)CC1. The van der Waals surface area contributed by atoms with Crippen LogP contribution in [-0.2, 0) is 14.4 Å². The molecule has 2 unspecified atom stereocenters. The van der Waals surface area contributed by atoms with Crippen LogP contribution in [0.5, 0.6) is 0 Å². The molecule has 5 rings (SSSR count). The maximum Gasteiger partial charge on any atom is 0.241 e. The number of rotatable bonds is 3. The lowest BCUT2D eigenvalue weighted by atomic mass is 9.83. The number of nitrogens with zero attached hydrogens (tertiary/aromatic N) is 4. The highest BCUT2D eigenvalue weighted by Gasteiger charge is 2.56. The van der Waals surface area contributed by atoms with Crippen LogP contribution >= 0.6 is 0 Å². The van der Waals surface area contributed by atoms with Crippen molar-refractivity contribution in [3.63, 3.8) is 0 Å². The van der Waals surface area contributed by atoms with E-state index >= 15 is 0 Å². The number of hydrogen-bond acceptors (Lipinski definition) is 5. The summed E-state index contributed by atoms with van der Waals surface area (Å²) in [5.41, 5.74) is 6.49. The van der Waals surface area contributed by atoms with Gasteiger partial charge in [-0.2, -0.15) is 5.26 Å². The van der Waals surface area contributed by atoms with Crippen LogP contribution < -0.4 is 5.73 Å². The van der Waals surface area contributed by atoms with Gasteiger partial charge in [-0.3, -0.25) is 14.4 Å². The zero-order valence-corrected chi connectivity index (χ0v) is 18.3. The lowest BCUT2D eigenvalue weighted by Gasteiger charge is -2.43. The van der Waals surface area contributed by atoms with E-state index in [1.54, 1.807) is 11.8 Å². The average molecular weight is 428 g/mol. The maximum absolute atomic E-state index is 13.3. The third-order valence-corrected chi connectivity index (χ3v) is 8.61. The van der Waals surface area contributed by atoms with E-state index in [0.717, 1.165) is 51.4 Å². The van der Waals surface area contributed by atoms with Gasteiger partial charge in [0.1, 0.15) is 6.04 Å². The molecule has 4 saturated heterocycles. The molecule has 2 N–H and O–H groups in total. The molecule has 168 valence electrons. The fraction of sp³-hybridized carbons (Fsp3) is 0.826. The second kappa shape index (κ2) is 7.77. The van der Waals surface area contributed by atoms with Crippen LogP contribution in [0.1, 0.15) is 58.3 Å². The van der Waals surface area contributed by atoms with Gasteiger partial charge in [-0.25, -0.2) is 0 Å². The minimum absolute atomic E-state index is 0.00154. The van der Waals surface area contributed by atoms with Crippen molar-refractivity contribution in [1.82, 2.24) is 14.7 Å². The van der Waals surface area contributed by atoms with Crippen LogP contribution in [0.3, 0.4) is 0 Å². The number of hydrogen-bond donors (Lipinski definition) is 1. The molecular weight excluding hydrogens is 394 g/mol. The number of amides is 3. The Kier molecular flexibility index (Phi) is 5.20. The lowest BCUT2D eigenvalue weighted by molar-refractivity contribution is -0.145. The van der Waals surface area contributed by atoms with Gasteiger partial charge in [0.05, 0.1) is 12.1 Å². The van der Waals surface area contributed by atoms with Gasteiger partial charge in [0, 0.05) is 44.1 Å². The largest absolute Gasteiger partial charge is 0.343 e. The molecule has 3 amide bonds. The van der Waals surface area contributed by atoms with E-state index in [-0.39, 0.29) is 53.7 Å². The molecule has 0 aromatic heterocycles. The van der Waals surface area contributed by atoms with Crippen LogP contribution in [0, 0.1) is 29.1 Å². The van der Waals surface area contributed by atoms with Crippen molar-refractivity contribution in [2.24, 2.45) is 23.5 Å². The third kappa shape index (κ3) is 3.51. The van der Waals surface area contributed by atoms with Crippen molar-refractivity contribution >= 4 is 17.7 Å². The molecule has 1 saturated carbocycles. The van der Waals surface area contributed by atoms with Crippen molar-refractivity contribution in [3.05, 3.63) is 0 Å². The Balaban J connectivity index is 1.21. The summed E-state index contributed by atoms with van der Waals surface area (Å²) in [6.07, 6.45) is 6.80. The first-order chi connectivity index (χ1) is 14.9. The summed E-state index contributed by atoms with van der Waals surface area (Å²) in [6, 6.07) is 1.95. The van der Waals surface area contributed by atoms with Crippen LogP contribution in [0.2, 0.25) is 0 Å². The second-order valence-corrected chi connectivity index (χ2v) is 10.4. The molecule has 8 heteroatoms. The first-order valence-electron chi connectivity index (χ1n) is 11.9. The van der Waals surface area contributed by atoms with E-state index in [1.807, 2.05) is 4.90 Å². The van der Waals surface area contributed by atoms with Crippen molar-refractivity contribution in [2.75, 3.05) is 13.1 Å². The number of carbonyl (C=O) groups is 3. The molecular formula is C23H33N5O3. The Morgan fingerprint density at radius 1 is 0.968 bits per heavy atom. The monoisotopic (exact) mass is 427 g/mol. The molecule has 2 bridgehead atoms. The Morgan fingerprint density at radius 3 is 2.19 bits per heavy atom. The standard InChI is InChI=1S/C23H33N5O3/c1-13(29)26-6-4-14(5-7-26)22(30)27-17-2-3-18(27)10-16(9-17)21(25)23(31)28-19(12-24)8-15-11-20(15)28/h14-21H,2-11,25H2,1H3/t15-,16?,17?,18?,19+,20+,21+/m1/s1. The number of nitriles is 1. The lowest BCUT2D eigenvalue weighted by Crippen LogP contribution is -2.56. The molecule has 4 heterocycles. The topological polar surface area (TPSA) is 111 Å². The molecule has 5 fully saturated rings. The Bertz CT molecular complexity index is 803. The summed E-state index contributed by atoms with van der Waals surface area (Å²) in [6.45, 7) is 2.91. The minimum Gasteiger partial charge on any atom is -0.343 e. The van der Waals surface area contributed by atoms with E-state index in [2.05, 4.69) is 11.0 Å². The minimum atomic E-state index is -0.575. The molecule has 1 aliphatic carbocycles. The van der Waals surface area contributed by atoms with Crippen molar-refractivity contribution < 1.29 is 14.4 Å². The third-order valence-electron chi connectivity index (χ3n) is 8.61. The highest BCUT2D eigenvalue weighted by Crippen LogP contribution is 2.48. The van der Waals surface area contributed by atoms with Gasteiger partial charge in [-0.15, -0.1) is 0 Å². The molecule has 6 atom stereocenters. The number of nitrogens with two attached hydrogens (primary N) is 1. The summed E-state index contributed by atoms with van der Waals surface area (Å²) in [5, 5.41) is 9.43. The van der Waals surface area contributed by atoms with Gasteiger partial charge in [-0.05, 0) is 63.2 Å². The number of likely N-dealkylation sites (tertiary alicyclic amines) is 2. The Labute approximate surface area is 183 Å². The summed E-state index contributed by atoms with van der Waals surface area (Å²) in [5.74, 6) is 0.825. The van der Waals surface area contributed by atoms with Gasteiger partial charge in [0.15, 0.2) is 0 Å².